The summed E-state index contributed by atoms with van der Waals surface area (Å²) in [4.78, 5) is 12.2. The third-order valence-corrected chi connectivity index (χ3v) is 7.81. The molecule has 194 valence electrons. The van der Waals surface area contributed by atoms with E-state index in [9.17, 15) is 0 Å². The van der Waals surface area contributed by atoms with Gasteiger partial charge in [-0.05, 0) is 59.0 Å². The smallest absolute Gasteiger partial charge is 0.198 e. The second kappa shape index (κ2) is 11.4. The van der Waals surface area contributed by atoms with Gasteiger partial charge in [0, 0.05) is 51.5 Å². The molecular formula is C28H36N8O. The van der Waals surface area contributed by atoms with Gasteiger partial charge < -0.3 is 14.5 Å². The number of ether oxygens (including phenoxy) is 1. The van der Waals surface area contributed by atoms with Crippen LogP contribution in [0.25, 0.3) is 11.8 Å². The molecule has 3 aliphatic rings. The minimum absolute atomic E-state index is 0.636. The number of tetrazole rings is 1. The minimum Gasteiger partial charge on any atom is -0.378 e. The van der Waals surface area contributed by atoms with Crippen LogP contribution in [0.4, 0.5) is 5.82 Å². The van der Waals surface area contributed by atoms with Gasteiger partial charge in [0.05, 0.1) is 25.5 Å². The molecule has 2 saturated heterocycles. The number of aromatic nitrogens is 5. The van der Waals surface area contributed by atoms with Gasteiger partial charge in [0.25, 0.3) is 0 Å². The molecule has 6 rings (SSSR count). The molecule has 9 heteroatoms. The van der Waals surface area contributed by atoms with Crippen molar-refractivity contribution in [2.75, 3.05) is 57.4 Å². The number of rotatable bonds is 7. The first-order valence-corrected chi connectivity index (χ1v) is 13.6. The molecule has 2 aromatic heterocycles. The average molecular weight is 501 g/mol. The number of pyridine rings is 1. The monoisotopic (exact) mass is 500 g/mol. The van der Waals surface area contributed by atoms with Gasteiger partial charge in [-0.15, -0.1) is 5.10 Å². The summed E-state index contributed by atoms with van der Waals surface area (Å²) in [5.41, 5.74) is 3.30. The summed E-state index contributed by atoms with van der Waals surface area (Å²) < 4.78 is 7.42. The Morgan fingerprint density at radius 2 is 1.78 bits per heavy atom. The van der Waals surface area contributed by atoms with Crippen molar-refractivity contribution < 1.29 is 4.74 Å². The summed E-state index contributed by atoms with van der Waals surface area (Å²) >= 11 is 0. The van der Waals surface area contributed by atoms with Crippen molar-refractivity contribution in [3.05, 3.63) is 65.6 Å². The fourth-order valence-corrected chi connectivity index (χ4v) is 5.46. The zero-order chi connectivity index (χ0) is 24.9. The molecule has 1 saturated carbocycles. The van der Waals surface area contributed by atoms with Gasteiger partial charge in [0.2, 0.25) is 0 Å². The zero-order valence-electron chi connectivity index (χ0n) is 21.5. The predicted octanol–water partition coefficient (Wildman–Crippen LogP) is 3.01. The van der Waals surface area contributed by atoms with Crippen molar-refractivity contribution in [2.45, 2.75) is 38.3 Å². The molecule has 9 nitrogen and oxygen atoms in total. The second-order valence-corrected chi connectivity index (χ2v) is 10.2. The van der Waals surface area contributed by atoms with Gasteiger partial charge >= 0.3 is 0 Å². The summed E-state index contributed by atoms with van der Waals surface area (Å²) in [6.45, 7) is 8.12. The van der Waals surface area contributed by atoms with Crippen LogP contribution >= 0.6 is 0 Å². The van der Waals surface area contributed by atoms with Gasteiger partial charge in [-0.25, -0.2) is 9.67 Å². The van der Waals surface area contributed by atoms with Crippen molar-refractivity contribution in [1.29, 1.82) is 0 Å². The minimum atomic E-state index is 0.636. The molecule has 1 aliphatic carbocycles. The predicted molar refractivity (Wildman–Crippen MR) is 144 cm³/mol. The summed E-state index contributed by atoms with van der Waals surface area (Å²) in [6, 6.07) is 15.4. The van der Waals surface area contributed by atoms with Crippen LogP contribution < -0.4 is 4.90 Å². The summed E-state index contributed by atoms with van der Waals surface area (Å²) in [5.74, 6) is 1.81. The number of morpholine rings is 1. The van der Waals surface area contributed by atoms with Gasteiger partial charge in [0.15, 0.2) is 5.82 Å². The van der Waals surface area contributed by atoms with E-state index in [1.165, 1.54) is 31.4 Å². The lowest BCUT2D eigenvalue weighted by atomic mass is 9.91. The molecule has 3 fully saturated rings. The van der Waals surface area contributed by atoms with E-state index in [4.69, 9.17) is 9.72 Å². The normalized spacial score (nSPS) is 20.1. The van der Waals surface area contributed by atoms with E-state index in [2.05, 4.69) is 72.7 Å². The molecule has 3 aromatic rings. The molecule has 0 atom stereocenters. The third kappa shape index (κ3) is 5.67. The van der Waals surface area contributed by atoms with E-state index in [-0.39, 0.29) is 0 Å². The van der Waals surface area contributed by atoms with Crippen LogP contribution in [0.2, 0.25) is 0 Å². The number of anilines is 1. The Bertz CT molecular complexity index is 1170. The lowest BCUT2D eigenvalue weighted by molar-refractivity contribution is 0.122. The van der Waals surface area contributed by atoms with Crippen molar-refractivity contribution >= 4 is 17.6 Å². The first-order chi connectivity index (χ1) is 18.3. The average Bonchev–Trinajstić information content (AvgIpc) is 3.24. The Morgan fingerprint density at radius 1 is 0.919 bits per heavy atom. The maximum absolute atomic E-state index is 5.49. The van der Waals surface area contributed by atoms with Crippen LogP contribution in [-0.2, 0) is 11.3 Å². The first-order valence-electron chi connectivity index (χ1n) is 13.6. The number of hydrogen-bond donors (Lipinski definition) is 0. The molecule has 4 heterocycles. The second-order valence-electron chi connectivity index (χ2n) is 10.2. The number of benzene rings is 1. The summed E-state index contributed by atoms with van der Waals surface area (Å²) in [7, 11) is 0. The molecule has 1 aromatic carbocycles. The third-order valence-electron chi connectivity index (χ3n) is 7.81. The van der Waals surface area contributed by atoms with Crippen LogP contribution in [-0.4, -0.2) is 93.5 Å². The maximum atomic E-state index is 5.49. The van der Waals surface area contributed by atoms with Crippen LogP contribution in [0.3, 0.4) is 0 Å². The lowest BCUT2D eigenvalue weighted by Crippen LogP contribution is -2.42. The Balaban J connectivity index is 1.29. The van der Waals surface area contributed by atoms with E-state index in [0.29, 0.717) is 6.54 Å². The maximum Gasteiger partial charge on any atom is 0.198 e. The molecule has 0 unspecified atom stereocenters. The van der Waals surface area contributed by atoms with Crippen LogP contribution in [0.5, 0.6) is 0 Å². The lowest BCUT2D eigenvalue weighted by Gasteiger charge is -2.36. The van der Waals surface area contributed by atoms with E-state index in [0.717, 1.165) is 81.3 Å². The first kappa shape index (κ1) is 24.1. The van der Waals surface area contributed by atoms with E-state index in [1.54, 1.807) is 0 Å². The Hall–Kier alpha value is -3.30. The quantitative estimate of drug-likeness (QED) is 0.490. The highest BCUT2D eigenvalue weighted by molar-refractivity contribution is 5.77. The van der Waals surface area contributed by atoms with Gasteiger partial charge in [-0.1, -0.05) is 36.8 Å². The van der Waals surface area contributed by atoms with Crippen molar-refractivity contribution in [3.8, 4) is 0 Å². The van der Waals surface area contributed by atoms with E-state index < -0.39 is 0 Å². The Kier molecular flexibility index (Phi) is 7.41. The molecule has 0 bridgehead atoms. The van der Waals surface area contributed by atoms with Gasteiger partial charge in [0.1, 0.15) is 5.82 Å². The molecule has 0 radical (unpaired) electrons. The fraction of sp³-hybridized carbons (Fsp3) is 0.500. The highest BCUT2D eigenvalue weighted by atomic mass is 16.5. The van der Waals surface area contributed by atoms with Crippen LogP contribution in [0, 0.1) is 0 Å². The summed E-state index contributed by atoms with van der Waals surface area (Å²) in [5, 5.41) is 13.0. The van der Waals surface area contributed by atoms with Crippen LogP contribution in [0.1, 0.15) is 42.6 Å². The number of nitrogens with zero attached hydrogens (tertiary/aromatic N) is 8. The topological polar surface area (TPSA) is 75.4 Å². The SMILES string of the molecule is C(=C(c1nnnn1Cc1ccccc1)N1CCCN(C2CCC2)CC1)c1ccc(N2CCOCC2)nc1. The largest absolute Gasteiger partial charge is 0.378 e. The highest BCUT2D eigenvalue weighted by Crippen LogP contribution is 2.28. The van der Waals surface area contributed by atoms with Crippen molar-refractivity contribution in [3.63, 3.8) is 0 Å². The molecule has 0 amide bonds. The molecule has 0 spiro atoms. The molecule has 0 N–H and O–H groups in total. The Labute approximate surface area is 218 Å². The number of hydrogen-bond acceptors (Lipinski definition) is 8. The molecule has 2 aliphatic heterocycles. The van der Waals surface area contributed by atoms with Crippen molar-refractivity contribution in [1.82, 2.24) is 35.0 Å². The van der Waals surface area contributed by atoms with E-state index >= 15 is 0 Å². The summed E-state index contributed by atoms with van der Waals surface area (Å²) in [6.07, 6.45) is 9.38. The standard InChI is InChI=1S/C28H36N8O/c1-2-6-23(7-3-1)22-36-28(30-31-32-36)26(34-13-5-12-33(14-15-34)25-8-4-9-25)20-24-10-11-27(29-21-24)35-16-18-37-19-17-35/h1-3,6-7,10-11,20-21,25H,4-5,8-9,12-19,22H2. The molecular weight excluding hydrogens is 464 g/mol. The van der Waals surface area contributed by atoms with E-state index in [1.807, 2.05) is 16.9 Å². The van der Waals surface area contributed by atoms with Crippen molar-refractivity contribution in [2.24, 2.45) is 0 Å². The Morgan fingerprint density at radius 3 is 2.54 bits per heavy atom. The van der Waals surface area contributed by atoms with Gasteiger partial charge in [-0.3, -0.25) is 4.90 Å². The molecule has 37 heavy (non-hydrogen) atoms. The van der Waals surface area contributed by atoms with Crippen LogP contribution in [0.15, 0.2) is 48.7 Å². The fourth-order valence-electron chi connectivity index (χ4n) is 5.46. The van der Waals surface area contributed by atoms with Gasteiger partial charge in [-0.2, -0.15) is 0 Å². The highest BCUT2D eigenvalue weighted by Gasteiger charge is 2.28. The zero-order valence-corrected chi connectivity index (χ0v) is 21.5.